The van der Waals surface area contributed by atoms with E-state index in [0.29, 0.717) is 5.75 Å². The second-order valence-electron chi connectivity index (χ2n) is 4.17. The molecule has 3 atom stereocenters. The summed E-state index contributed by atoms with van der Waals surface area (Å²) in [6, 6.07) is 0.127. The van der Waals surface area contributed by atoms with Gasteiger partial charge in [-0.25, -0.2) is 0 Å². The Morgan fingerprint density at radius 1 is 1.67 bits per heavy atom. The van der Waals surface area contributed by atoms with Crippen LogP contribution in [0.15, 0.2) is 0 Å². The van der Waals surface area contributed by atoms with Crippen LogP contribution in [0.4, 0.5) is 0 Å². The smallest absolute Gasteiger partial charge is 0.224 e. The van der Waals surface area contributed by atoms with E-state index in [4.69, 9.17) is 0 Å². The number of hydrogen-bond acceptors (Lipinski definition) is 3. The molecule has 0 saturated carbocycles. The van der Waals surface area contributed by atoms with Crippen molar-refractivity contribution in [2.45, 2.75) is 25.8 Å². The first-order valence-electron chi connectivity index (χ1n) is 5.40. The fourth-order valence-electron chi connectivity index (χ4n) is 1.65. The maximum atomic E-state index is 11.7. The molecule has 5 heteroatoms. The quantitative estimate of drug-likeness (QED) is 0.694. The molecule has 1 aliphatic heterocycles. The summed E-state index contributed by atoms with van der Waals surface area (Å²) in [6.45, 7) is 3.69. The maximum absolute atomic E-state index is 11.7. The molecule has 0 aromatic heterocycles. The first-order valence-corrected chi connectivity index (χ1v) is 7.13. The molecule has 1 aliphatic rings. The lowest BCUT2D eigenvalue weighted by atomic mass is 10.1. The van der Waals surface area contributed by atoms with Crippen molar-refractivity contribution in [3.05, 3.63) is 0 Å². The van der Waals surface area contributed by atoms with Gasteiger partial charge in [-0.1, -0.05) is 0 Å². The van der Waals surface area contributed by atoms with Crippen LogP contribution in [0.1, 0.15) is 19.8 Å². The summed E-state index contributed by atoms with van der Waals surface area (Å²) >= 11 is 0. The molecule has 88 valence electrons. The Hall–Kier alpha value is -0.420. The summed E-state index contributed by atoms with van der Waals surface area (Å²) in [4.78, 5) is 11.7. The Balaban J connectivity index is 2.21. The van der Waals surface area contributed by atoms with E-state index in [2.05, 4.69) is 10.6 Å². The van der Waals surface area contributed by atoms with Gasteiger partial charge in [-0.2, -0.15) is 0 Å². The number of amides is 1. The van der Waals surface area contributed by atoms with E-state index in [1.54, 1.807) is 6.26 Å². The van der Waals surface area contributed by atoms with Gasteiger partial charge in [0.2, 0.25) is 5.91 Å². The SMILES string of the molecule is CC(CCS(C)=O)NC(=O)C1CCNC1. The van der Waals surface area contributed by atoms with E-state index in [-0.39, 0.29) is 17.9 Å². The molecular weight excluding hydrogens is 212 g/mol. The molecule has 1 fully saturated rings. The molecular formula is C10H20N2O2S. The monoisotopic (exact) mass is 232 g/mol. The molecule has 0 spiro atoms. The average Bonchev–Trinajstić information content (AvgIpc) is 2.67. The minimum atomic E-state index is -0.767. The van der Waals surface area contributed by atoms with Crippen molar-refractivity contribution < 1.29 is 9.00 Å². The van der Waals surface area contributed by atoms with Gasteiger partial charge >= 0.3 is 0 Å². The molecule has 15 heavy (non-hydrogen) atoms. The molecule has 4 nitrogen and oxygen atoms in total. The van der Waals surface area contributed by atoms with Gasteiger partial charge in [0.1, 0.15) is 0 Å². The number of nitrogens with one attached hydrogen (secondary N) is 2. The zero-order chi connectivity index (χ0) is 11.3. The third-order valence-electron chi connectivity index (χ3n) is 2.66. The number of carbonyl (C=O) groups is 1. The highest BCUT2D eigenvalue weighted by atomic mass is 32.2. The van der Waals surface area contributed by atoms with Gasteiger partial charge in [0.15, 0.2) is 0 Å². The number of hydrogen-bond donors (Lipinski definition) is 2. The zero-order valence-corrected chi connectivity index (χ0v) is 10.2. The van der Waals surface area contributed by atoms with Crippen molar-refractivity contribution in [3.63, 3.8) is 0 Å². The lowest BCUT2D eigenvalue weighted by Crippen LogP contribution is -2.38. The first kappa shape index (κ1) is 12.6. The minimum Gasteiger partial charge on any atom is -0.353 e. The maximum Gasteiger partial charge on any atom is 0.224 e. The second kappa shape index (κ2) is 6.23. The molecule has 3 unspecified atom stereocenters. The first-order chi connectivity index (χ1) is 7.09. The molecule has 1 heterocycles. The van der Waals surface area contributed by atoms with Gasteiger partial charge in [0, 0.05) is 35.4 Å². The fraction of sp³-hybridized carbons (Fsp3) is 0.900. The Kier molecular flexibility index (Phi) is 5.25. The van der Waals surface area contributed by atoms with Crippen LogP contribution < -0.4 is 10.6 Å². The molecule has 0 bridgehead atoms. The third kappa shape index (κ3) is 4.75. The van der Waals surface area contributed by atoms with E-state index in [1.807, 2.05) is 6.92 Å². The Labute approximate surface area is 93.7 Å². The van der Waals surface area contributed by atoms with Crippen LogP contribution in [0.2, 0.25) is 0 Å². The summed E-state index contributed by atoms with van der Waals surface area (Å²) in [6.07, 6.45) is 3.41. The van der Waals surface area contributed by atoms with Crippen LogP contribution in [0.5, 0.6) is 0 Å². The van der Waals surface area contributed by atoms with E-state index < -0.39 is 10.8 Å². The van der Waals surface area contributed by atoms with Crippen molar-refractivity contribution in [2.24, 2.45) is 5.92 Å². The van der Waals surface area contributed by atoms with E-state index >= 15 is 0 Å². The van der Waals surface area contributed by atoms with Crippen LogP contribution in [-0.4, -0.2) is 41.3 Å². The van der Waals surface area contributed by atoms with Gasteiger partial charge in [-0.15, -0.1) is 0 Å². The Morgan fingerprint density at radius 2 is 2.40 bits per heavy atom. The van der Waals surface area contributed by atoms with Crippen LogP contribution in [0.3, 0.4) is 0 Å². The van der Waals surface area contributed by atoms with Crippen molar-refractivity contribution in [1.29, 1.82) is 0 Å². The van der Waals surface area contributed by atoms with Crippen molar-refractivity contribution >= 4 is 16.7 Å². The molecule has 1 rings (SSSR count). The molecule has 0 radical (unpaired) electrons. The summed E-state index contributed by atoms with van der Waals surface area (Å²) < 4.78 is 10.9. The predicted molar refractivity (Wildman–Crippen MR) is 62.1 cm³/mol. The van der Waals surface area contributed by atoms with Crippen LogP contribution >= 0.6 is 0 Å². The Bertz CT molecular complexity index is 240. The standard InChI is InChI=1S/C10H20N2O2S/c1-8(4-6-15(2)14)12-10(13)9-3-5-11-7-9/h8-9,11H,3-7H2,1-2H3,(H,12,13). The highest BCUT2D eigenvalue weighted by molar-refractivity contribution is 7.84. The average molecular weight is 232 g/mol. The van der Waals surface area contributed by atoms with Crippen LogP contribution in [0.25, 0.3) is 0 Å². The van der Waals surface area contributed by atoms with Gasteiger partial charge < -0.3 is 10.6 Å². The molecule has 0 aromatic carbocycles. The largest absolute Gasteiger partial charge is 0.353 e. The molecule has 2 N–H and O–H groups in total. The van der Waals surface area contributed by atoms with Gasteiger partial charge in [-0.3, -0.25) is 9.00 Å². The van der Waals surface area contributed by atoms with E-state index in [0.717, 1.165) is 25.9 Å². The molecule has 1 saturated heterocycles. The van der Waals surface area contributed by atoms with Crippen molar-refractivity contribution in [1.82, 2.24) is 10.6 Å². The van der Waals surface area contributed by atoms with Gasteiger partial charge in [-0.05, 0) is 26.3 Å². The molecule has 0 aromatic rings. The number of rotatable bonds is 5. The van der Waals surface area contributed by atoms with E-state index in [9.17, 15) is 9.00 Å². The van der Waals surface area contributed by atoms with E-state index in [1.165, 1.54) is 0 Å². The van der Waals surface area contributed by atoms with Crippen LogP contribution in [0, 0.1) is 5.92 Å². The zero-order valence-electron chi connectivity index (χ0n) is 9.41. The highest BCUT2D eigenvalue weighted by Crippen LogP contribution is 2.07. The Morgan fingerprint density at radius 3 is 2.93 bits per heavy atom. The lowest BCUT2D eigenvalue weighted by molar-refractivity contribution is -0.125. The normalized spacial score (nSPS) is 24.8. The van der Waals surface area contributed by atoms with Crippen LogP contribution in [-0.2, 0) is 15.6 Å². The molecule has 0 aliphatic carbocycles. The number of carbonyl (C=O) groups excluding carboxylic acids is 1. The summed E-state index contributed by atoms with van der Waals surface area (Å²) in [7, 11) is -0.767. The topological polar surface area (TPSA) is 58.2 Å². The van der Waals surface area contributed by atoms with Gasteiger partial charge in [0.25, 0.3) is 0 Å². The third-order valence-corrected chi connectivity index (χ3v) is 3.47. The second-order valence-corrected chi connectivity index (χ2v) is 5.72. The fourth-order valence-corrected chi connectivity index (χ4v) is 2.34. The van der Waals surface area contributed by atoms with Gasteiger partial charge in [0.05, 0.1) is 5.92 Å². The van der Waals surface area contributed by atoms with Crippen molar-refractivity contribution in [2.75, 3.05) is 25.1 Å². The predicted octanol–water partition coefficient (Wildman–Crippen LogP) is -0.131. The highest BCUT2D eigenvalue weighted by Gasteiger charge is 2.23. The summed E-state index contributed by atoms with van der Waals surface area (Å²) in [5, 5.41) is 6.13. The summed E-state index contributed by atoms with van der Waals surface area (Å²) in [5.41, 5.74) is 0. The molecule has 1 amide bonds. The van der Waals surface area contributed by atoms with Crippen molar-refractivity contribution in [3.8, 4) is 0 Å². The lowest BCUT2D eigenvalue weighted by Gasteiger charge is -2.15. The minimum absolute atomic E-state index is 0.125. The summed E-state index contributed by atoms with van der Waals surface area (Å²) in [5.74, 6) is 0.915.